The molecular weight excluding hydrogens is 290 g/mol. The molecule has 2 aromatic rings. The van der Waals surface area contributed by atoms with Gasteiger partial charge in [0.1, 0.15) is 11.6 Å². The number of nitrogens with two attached hydrogens (primary N) is 1. The van der Waals surface area contributed by atoms with Crippen LogP contribution in [0.25, 0.3) is 0 Å². The zero-order valence-corrected chi connectivity index (χ0v) is 10.7. The van der Waals surface area contributed by atoms with Crippen LogP contribution in [-0.2, 0) is 6.54 Å². The van der Waals surface area contributed by atoms with Crippen molar-refractivity contribution in [3.8, 4) is 17.2 Å². The Morgan fingerprint density at radius 3 is 2.29 bits per heavy atom. The van der Waals surface area contributed by atoms with Gasteiger partial charge in [-0.3, -0.25) is 0 Å². The summed E-state index contributed by atoms with van der Waals surface area (Å²) in [4.78, 5) is 0. The van der Waals surface area contributed by atoms with Crippen LogP contribution in [0.4, 0.5) is 17.6 Å². The standard InChI is InChI=1S/C14H11F4NO2/c15-10-5-9(8-19)6-11(7-10)20-12-3-1-2-4-13(12)21-14(16,17)18/h1-7H,8,19H2. The van der Waals surface area contributed by atoms with Crippen LogP contribution in [0, 0.1) is 5.82 Å². The van der Waals surface area contributed by atoms with Gasteiger partial charge in [-0.05, 0) is 29.8 Å². The number of ether oxygens (including phenoxy) is 2. The summed E-state index contributed by atoms with van der Waals surface area (Å²) in [7, 11) is 0. The van der Waals surface area contributed by atoms with Crippen LogP contribution in [0.3, 0.4) is 0 Å². The molecular formula is C14H11F4NO2. The van der Waals surface area contributed by atoms with Gasteiger partial charge in [-0.15, -0.1) is 13.2 Å². The van der Waals surface area contributed by atoms with E-state index in [0.29, 0.717) is 5.56 Å². The van der Waals surface area contributed by atoms with Crippen LogP contribution < -0.4 is 15.2 Å². The molecule has 2 aromatic carbocycles. The molecule has 0 saturated heterocycles. The van der Waals surface area contributed by atoms with Crippen LogP contribution in [0.15, 0.2) is 42.5 Å². The summed E-state index contributed by atoms with van der Waals surface area (Å²) in [5, 5.41) is 0. The summed E-state index contributed by atoms with van der Waals surface area (Å²) >= 11 is 0. The Labute approximate surface area is 117 Å². The second-order valence-electron chi connectivity index (χ2n) is 4.10. The summed E-state index contributed by atoms with van der Waals surface area (Å²) in [5.74, 6) is -1.25. The molecule has 0 saturated carbocycles. The molecule has 0 heterocycles. The first-order valence-electron chi connectivity index (χ1n) is 5.89. The largest absolute Gasteiger partial charge is 0.573 e. The quantitative estimate of drug-likeness (QED) is 0.869. The van der Waals surface area contributed by atoms with Gasteiger partial charge in [-0.2, -0.15) is 0 Å². The summed E-state index contributed by atoms with van der Waals surface area (Å²) in [5.41, 5.74) is 5.86. The molecule has 0 amide bonds. The van der Waals surface area contributed by atoms with E-state index < -0.39 is 17.9 Å². The van der Waals surface area contributed by atoms with E-state index in [9.17, 15) is 17.6 Å². The maximum Gasteiger partial charge on any atom is 0.573 e. The Bertz CT molecular complexity index is 629. The van der Waals surface area contributed by atoms with Crippen LogP contribution in [0.5, 0.6) is 17.2 Å². The monoisotopic (exact) mass is 301 g/mol. The molecule has 3 nitrogen and oxygen atoms in total. The summed E-state index contributed by atoms with van der Waals surface area (Å²) < 4.78 is 59.3. The van der Waals surface area contributed by atoms with Gasteiger partial charge in [0.15, 0.2) is 11.5 Å². The lowest BCUT2D eigenvalue weighted by molar-refractivity contribution is -0.275. The Balaban J connectivity index is 2.29. The van der Waals surface area contributed by atoms with Crippen molar-refractivity contribution in [1.82, 2.24) is 0 Å². The van der Waals surface area contributed by atoms with E-state index in [1.807, 2.05) is 0 Å². The van der Waals surface area contributed by atoms with Crippen molar-refractivity contribution in [2.45, 2.75) is 12.9 Å². The molecule has 21 heavy (non-hydrogen) atoms. The fraction of sp³-hybridized carbons (Fsp3) is 0.143. The molecule has 0 aromatic heterocycles. The Morgan fingerprint density at radius 1 is 1.00 bits per heavy atom. The number of halogens is 4. The van der Waals surface area contributed by atoms with Crippen LogP contribution in [0.1, 0.15) is 5.56 Å². The lowest BCUT2D eigenvalue weighted by atomic mass is 10.2. The second-order valence-corrected chi connectivity index (χ2v) is 4.10. The van der Waals surface area contributed by atoms with Crippen molar-refractivity contribution in [1.29, 1.82) is 0 Å². The summed E-state index contributed by atoms with van der Waals surface area (Å²) in [6, 6.07) is 8.93. The van der Waals surface area contributed by atoms with Gasteiger partial charge in [0, 0.05) is 12.6 Å². The Morgan fingerprint density at radius 2 is 1.67 bits per heavy atom. The predicted octanol–water partition coefficient (Wildman–Crippen LogP) is 3.98. The highest BCUT2D eigenvalue weighted by Crippen LogP contribution is 2.35. The van der Waals surface area contributed by atoms with Crippen molar-refractivity contribution in [2.24, 2.45) is 5.73 Å². The number of para-hydroxylation sites is 2. The topological polar surface area (TPSA) is 44.5 Å². The highest BCUT2D eigenvalue weighted by molar-refractivity contribution is 5.43. The molecule has 0 spiro atoms. The minimum absolute atomic E-state index is 0.0358. The van der Waals surface area contributed by atoms with Crippen molar-refractivity contribution in [2.75, 3.05) is 0 Å². The van der Waals surface area contributed by atoms with Crippen molar-refractivity contribution < 1.29 is 27.0 Å². The molecule has 7 heteroatoms. The van der Waals surface area contributed by atoms with E-state index in [-0.39, 0.29) is 18.0 Å². The van der Waals surface area contributed by atoms with E-state index in [0.717, 1.165) is 12.1 Å². The number of hydrogen-bond donors (Lipinski definition) is 1. The minimum Gasteiger partial charge on any atom is -0.453 e. The maximum atomic E-state index is 13.3. The summed E-state index contributed by atoms with van der Waals surface area (Å²) in [6.45, 7) is 0.0782. The fourth-order valence-electron chi connectivity index (χ4n) is 1.67. The SMILES string of the molecule is NCc1cc(F)cc(Oc2ccccc2OC(F)(F)F)c1. The van der Waals surface area contributed by atoms with E-state index in [1.54, 1.807) is 0 Å². The van der Waals surface area contributed by atoms with Crippen LogP contribution in [-0.4, -0.2) is 6.36 Å². The molecule has 0 unspecified atom stereocenters. The van der Waals surface area contributed by atoms with Crippen LogP contribution in [0.2, 0.25) is 0 Å². The highest BCUT2D eigenvalue weighted by Gasteiger charge is 2.32. The molecule has 0 aliphatic rings. The van der Waals surface area contributed by atoms with Crippen LogP contribution >= 0.6 is 0 Å². The van der Waals surface area contributed by atoms with E-state index in [1.165, 1.54) is 30.3 Å². The minimum atomic E-state index is -4.84. The van der Waals surface area contributed by atoms with Crippen molar-refractivity contribution in [3.63, 3.8) is 0 Å². The zero-order valence-electron chi connectivity index (χ0n) is 10.7. The van der Waals surface area contributed by atoms with Gasteiger partial charge < -0.3 is 15.2 Å². The highest BCUT2D eigenvalue weighted by atomic mass is 19.4. The average Bonchev–Trinajstić information content (AvgIpc) is 2.38. The third-order valence-corrected chi connectivity index (χ3v) is 2.47. The second kappa shape index (κ2) is 6.01. The molecule has 0 fully saturated rings. The molecule has 2 N–H and O–H groups in total. The van der Waals surface area contributed by atoms with Gasteiger partial charge in [0.2, 0.25) is 0 Å². The number of benzene rings is 2. The Hall–Kier alpha value is -2.28. The molecule has 2 rings (SSSR count). The molecule has 112 valence electrons. The van der Waals surface area contributed by atoms with E-state index in [2.05, 4.69) is 4.74 Å². The lowest BCUT2D eigenvalue weighted by Crippen LogP contribution is -2.17. The third-order valence-electron chi connectivity index (χ3n) is 2.47. The fourth-order valence-corrected chi connectivity index (χ4v) is 1.67. The molecule has 0 bridgehead atoms. The summed E-state index contributed by atoms with van der Waals surface area (Å²) in [6.07, 6.45) is -4.84. The average molecular weight is 301 g/mol. The first kappa shape index (κ1) is 15.1. The first-order valence-corrected chi connectivity index (χ1v) is 5.89. The molecule has 0 aliphatic carbocycles. The van der Waals surface area contributed by atoms with Gasteiger partial charge in [-0.1, -0.05) is 12.1 Å². The Kier molecular flexibility index (Phi) is 4.32. The molecule has 0 atom stereocenters. The van der Waals surface area contributed by atoms with Gasteiger partial charge in [-0.25, -0.2) is 4.39 Å². The first-order chi connectivity index (χ1) is 9.87. The molecule has 0 radical (unpaired) electrons. The number of hydrogen-bond acceptors (Lipinski definition) is 3. The number of rotatable bonds is 4. The zero-order chi connectivity index (χ0) is 15.5. The maximum absolute atomic E-state index is 13.3. The van der Waals surface area contributed by atoms with Crippen molar-refractivity contribution >= 4 is 0 Å². The smallest absolute Gasteiger partial charge is 0.453 e. The van der Waals surface area contributed by atoms with Crippen molar-refractivity contribution in [3.05, 3.63) is 53.8 Å². The van der Waals surface area contributed by atoms with Gasteiger partial charge in [0.05, 0.1) is 0 Å². The van der Waals surface area contributed by atoms with E-state index in [4.69, 9.17) is 10.5 Å². The van der Waals surface area contributed by atoms with E-state index >= 15 is 0 Å². The van der Waals surface area contributed by atoms with Gasteiger partial charge in [0.25, 0.3) is 0 Å². The lowest BCUT2D eigenvalue weighted by Gasteiger charge is -2.14. The number of alkyl halides is 3. The molecule has 0 aliphatic heterocycles. The van der Waals surface area contributed by atoms with Gasteiger partial charge >= 0.3 is 6.36 Å². The third kappa shape index (κ3) is 4.35. The predicted molar refractivity (Wildman–Crippen MR) is 67.5 cm³/mol. The normalized spacial score (nSPS) is 11.3.